The number of amides is 2. The minimum absolute atomic E-state index is 0.0305. The van der Waals surface area contributed by atoms with E-state index in [1.807, 2.05) is 17.9 Å². The topological polar surface area (TPSA) is 54.3 Å². The quantitative estimate of drug-likeness (QED) is 0.754. The predicted octanol–water partition coefficient (Wildman–Crippen LogP) is 4.94. The number of carbonyl (C=O) groups excluding carboxylic acids is 2. The Balaban J connectivity index is 1.53. The van der Waals surface area contributed by atoms with Gasteiger partial charge in [-0.15, -0.1) is 11.3 Å². The third-order valence-electron chi connectivity index (χ3n) is 7.82. The first-order valence-corrected chi connectivity index (χ1v) is 12.6. The summed E-state index contributed by atoms with van der Waals surface area (Å²) in [5, 5.41) is 5.46. The molecule has 5 nitrogen and oxygen atoms in total. The maximum absolute atomic E-state index is 13.8. The summed E-state index contributed by atoms with van der Waals surface area (Å²) in [7, 11) is 0. The number of nitrogens with one attached hydrogen (secondary N) is 1. The van der Waals surface area contributed by atoms with Gasteiger partial charge in [-0.25, -0.2) is 0 Å². The molecule has 2 saturated carbocycles. The molecule has 5 rings (SSSR count). The van der Waals surface area contributed by atoms with Crippen LogP contribution in [0.1, 0.15) is 82.1 Å². The molecule has 2 aliphatic carbocycles. The first-order valence-electron chi connectivity index (χ1n) is 11.7. The fourth-order valence-electron chi connectivity index (χ4n) is 6.00. The van der Waals surface area contributed by atoms with Crippen LogP contribution in [-0.2, 0) is 11.3 Å². The molecule has 3 atom stereocenters. The summed E-state index contributed by atoms with van der Waals surface area (Å²) in [6.45, 7) is 4.79. The molecule has 0 saturated heterocycles. The lowest BCUT2D eigenvalue weighted by atomic mass is 9.83. The highest BCUT2D eigenvalue weighted by atomic mass is 32.1. The highest BCUT2D eigenvalue weighted by molar-refractivity contribution is 7.17. The fourth-order valence-corrected chi connectivity index (χ4v) is 6.82. The second-order valence-electron chi connectivity index (χ2n) is 9.87. The lowest BCUT2D eigenvalue weighted by molar-refractivity contribution is -0.136. The molecule has 2 amide bonds. The van der Waals surface area contributed by atoms with Crippen LogP contribution in [0.3, 0.4) is 0 Å². The summed E-state index contributed by atoms with van der Waals surface area (Å²) in [6.07, 6.45) is 10.2. The van der Waals surface area contributed by atoms with E-state index in [1.54, 1.807) is 11.3 Å². The number of carbonyl (C=O) groups is 2. The number of thiophene rings is 1. The van der Waals surface area contributed by atoms with Gasteiger partial charge in [0.2, 0.25) is 5.91 Å². The molecule has 30 heavy (non-hydrogen) atoms. The zero-order chi connectivity index (χ0) is 20.9. The molecule has 0 radical (unpaired) electrons. The number of fused-ring (bicyclic) bond motifs is 3. The van der Waals surface area contributed by atoms with Crippen molar-refractivity contribution in [3.05, 3.63) is 23.2 Å². The minimum atomic E-state index is -0.850. The van der Waals surface area contributed by atoms with Crippen molar-refractivity contribution in [2.45, 2.75) is 95.8 Å². The Labute approximate surface area is 182 Å². The van der Waals surface area contributed by atoms with Gasteiger partial charge in [0.05, 0.1) is 16.8 Å². The average Bonchev–Trinajstić information content (AvgIpc) is 3.33. The number of hydrogen-bond acceptors (Lipinski definition) is 3. The highest BCUT2D eigenvalue weighted by Crippen LogP contribution is 2.38. The summed E-state index contributed by atoms with van der Waals surface area (Å²) in [5.74, 6) is 0.563. The van der Waals surface area contributed by atoms with Crippen molar-refractivity contribution >= 4 is 33.4 Å². The Morgan fingerprint density at radius 1 is 1.13 bits per heavy atom. The Morgan fingerprint density at radius 2 is 1.87 bits per heavy atom. The third kappa shape index (κ3) is 3.19. The Kier molecular flexibility index (Phi) is 5.16. The summed E-state index contributed by atoms with van der Waals surface area (Å²) in [6, 6.07) is 4.49. The normalized spacial score (nSPS) is 30.5. The molecule has 6 heteroatoms. The van der Waals surface area contributed by atoms with Gasteiger partial charge < -0.3 is 14.8 Å². The van der Waals surface area contributed by atoms with Crippen LogP contribution < -0.4 is 5.32 Å². The van der Waals surface area contributed by atoms with Crippen LogP contribution in [0.4, 0.5) is 0 Å². The molecule has 1 N–H and O–H groups in total. The van der Waals surface area contributed by atoms with E-state index in [9.17, 15) is 9.59 Å². The van der Waals surface area contributed by atoms with Crippen LogP contribution in [0.2, 0.25) is 0 Å². The van der Waals surface area contributed by atoms with Gasteiger partial charge in [-0.05, 0) is 56.0 Å². The van der Waals surface area contributed by atoms with E-state index in [0.717, 1.165) is 48.0 Å². The SMILES string of the molecule is C[C@@H]1CCCC[C@H]1NC(=O)[C@@]1(C)Cn2c(cc3sccc32)C(=O)N1C1CCCCC1. The molecule has 2 fully saturated rings. The van der Waals surface area contributed by atoms with Gasteiger partial charge >= 0.3 is 0 Å². The predicted molar refractivity (Wildman–Crippen MR) is 121 cm³/mol. The van der Waals surface area contributed by atoms with Crippen molar-refractivity contribution in [1.29, 1.82) is 0 Å². The van der Waals surface area contributed by atoms with E-state index in [2.05, 4.69) is 28.3 Å². The van der Waals surface area contributed by atoms with Crippen molar-refractivity contribution in [2.75, 3.05) is 0 Å². The van der Waals surface area contributed by atoms with E-state index in [-0.39, 0.29) is 23.9 Å². The highest BCUT2D eigenvalue weighted by Gasteiger charge is 2.51. The zero-order valence-electron chi connectivity index (χ0n) is 18.2. The molecule has 0 unspecified atom stereocenters. The van der Waals surface area contributed by atoms with Crippen molar-refractivity contribution in [1.82, 2.24) is 14.8 Å². The molecule has 2 aromatic rings. The lowest BCUT2D eigenvalue weighted by Gasteiger charge is -2.49. The number of rotatable bonds is 3. The summed E-state index contributed by atoms with van der Waals surface area (Å²) >= 11 is 1.66. The molecule has 0 bridgehead atoms. The van der Waals surface area contributed by atoms with Gasteiger partial charge in [0.15, 0.2) is 0 Å². The Morgan fingerprint density at radius 3 is 2.63 bits per heavy atom. The second kappa shape index (κ2) is 7.70. The Bertz CT molecular complexity index is 957. The van der Waals surface area contributed by atoms with E-state index < -0.39 is 5.54 Å². The number of nitrogens with zero attached hydrogens (tertiary/aromatic N) is 2. The van der Waals surface area contributed by atoms with Gasteiger partial charge in [0, 0.05) is 12.1 Å². The standard InChI is InChI=1S/C24H33N3O2S/c1-16-8-6-7-11-18(16)25-23(29)24(2)15-26-19-12-13-30-21(19)14-20(26)22(28)27(24)17-9-4-3-5-10-17/h12-14,16-18H,3-11,15H2,1-2H3,(H,25,29)/t16-,18-,24-/m1/s1. The largest absolute Gasteiger partial charge is 0.351 e. The molecule has 2 aromatic heterocycles. The van der Waals surface area contributed by atoms with Gasteiger partial charge in [0.25, 0.3) is 5.91 Å². The molecular weight excluding hydrogens is 394 g/mol. The Hall–Kier alpha value is -1.82. The van der Waals surface area contributed by atoms with Crippen LogP contribution in [-0.4, -0.2) is 38.9 Å². The lowest BCUT2D eigenvalue weighted by Crippen LogP contribution is -2.67. The van der Waals surface area contributed by atoms with Crippen molar-refractivity contribution < 1.29 is 9.59 Å². The molecule has 162 valence electrons. The van der Waals surface area contributed by atoms with Crippen LogP contribution in [0.5, 0.6) is 0 Å². The monoisotopic (exact) mass is 427 g/mol. The average molecular weight is 428 g/mol. The molecule has 3 heterocycles. The number of hydrogen-bond donors (Lipinski definition) is 1. The molecular formula is C24H33N3O2S. The summed E-state index contributed by atoms with van der Waals surface area (Å²) < 4.78 is 3.23. The van der Waals surface area contributed by atoms with Crippen molar-refractivity contribution in [3.63, 3.8) is 0 Å². The van der Waals surface area contributed by atoms with Crippen molar-refractivity contribution in [3.8, 4) is 0 Å². The molecule has 3 aliphatic rings. The van der Waals surface area contributed by atoms with E-state index in [1.165, 1.54) is 25.7 Å². The van der Waals surface area contributed by atoms with Crippen LogP contribution in [0.25, 0.3) is 10.2 Å². The molecule has 0 aromatic carbocycles. The maximum Gasteiger partial charge on any atom is 0.271 e. The minimum Gasteiger partial charge on any atom is -0.351 e. The smallest absolute Gasteiger partial charge is 0.271 e. The van der Waals surface area contributed by atoms with Crippen LogP contribution in [0.15, 0.2) is 17.5 Å². The second-order valence-corrected chi connectivity index (χ2v) is 10.8. The van der Waals surface area contributed by atoms with Crippen LogP contribution in [0, 0.1) is 5.92 Å². The van der Waals surface area contributed by atoms with E-state index in [0.29, 0.717) is 12.5 Å². The summed E-state index contributed by atoms with van der Waals surface area (Å²) in [5.41, 5.74) is 0.979. The van der Waals surface area contributed by atoms with Gasteiger partial charge in [0.1, 0.15) is 11.2 Å². The first-order chi connectivity index (χ1) is 14.5. The fraction of sp³-hybridized carbons (Fsp3) is 0.667. The third-order valence-corrected chi connectivity index (χ3v) is 8.67. The maximum atomic E-state index is 13.8. The molecule has 0 spiro atoms. The van der Waals surface area contributed by atoms with Gasteiger partial charge in [-0.1, -0.05) is 39.0 Å². The zero-order valence-corrected chi connectivity index (χ0v) is 19.0. The molecule has 1 aliphatic heterocycles. The summed E-state index contributed by atoms with van der Waals surface area (Å²) in [4.78, 5) is 29.6. The van der Waals surface area contributed by atoms with E-state index in [4.69, 9.17) is 0 Å². The van der Waals surface area contributed by atoms with Gasteiger partial charge in [-0.2, -0.15) is 0 Å². The first kappa shape index (κ1) is 20.1. The number of aromatic nitrogens is 1. The van der Waals surface area contributed by atoms with Gasteiger partial charge in [-0.3, -0.25) is 9.59 Å². The van der Waals surface area contributed by atoms with Crippen molar-refractivity contribution in [2.24, 2.45) is 5.92 Å². The van der Waals surface area contributed by atoms with E-state index >= 15 is 0 Å². The van der Waals surface area contributed by atoms with Crippen LogP contribution >= 0.6 is 11.3 Å².